The Balaban J connectivity index is 4.17. The van der Waals surface area contributed by atoms with Gasteiger partial charge in [0.2, 0.25) is 5.91 Å². The van der Waals surface area contributed by atoms with Crippen molar-refractivity contribution in [2.45, 2.75) is 52.2 Å². The molecule has 0 aliphatic rings. The lowest BCUT2D eigenvalue weighted by Crippen LogP contribution is -2.52. The fourth-order valence-electron chi connectivity index (χ4n) is 0.973. The van der Waals surface area contributed by atoms with E-state index in [9.17, 15) is 9.59 Å². The van der Waals surface area contributed by atoms with E-state index in [1.54, 1.807) is 6.92 Å². The Morgan fingerprint density at radius 3 is 2.38 bits per heavy atom. The number of hydrogen-bond acceptors (Lipinski definition) is 3. The molecular formula is C11H21NO4. The molecule has 0 spiro atoms. The predicted molar refractivity (Wildman–Crippen MR) is 60.2 cm³/mol. The van der Waals surface area contributed by atoms with Crippen molar-refractivity contribution in [3.8, 4) is 0 Å². The fourth-order valence-corrected chi connectivity index (χ4v) is 0.973. The first-order valence-electron chi connectivity index (χ1n) is 5.51. The summed E-state index contributed by atoms with van der Waals surface area (Å²) in [4.78, 5) is 22.4. The Labute approximate surface area is 96.2 Å². The summed E-state index contributed by atoms with van der Waals surface area (Å²) in [6.45, 7) is 6.91. The number of carboxylic acid groups (broad SMARTS) is 1. The number of ether oxygens (including phenoxy) is 1. The number of hydrogen-bond donors (Lipinski definition) is 2. The van der Waals surface area contributed by atoms with Gasteiger partial charge in [0.15, 0.2) is 0 Å². The third kappa shape index (κ3) is 4.61. The largest absolute Gasteiger partial charge is 0.480 e. The van der Waals surface area contributed by atoms with E-state index in [1.165, 1.54) is 6.92 Å². The zero-order valence-corrected chi connectivity index (χ0v) is 10.4. The summed E-state index contributed by atoms with van der Waals surface area (Å²) in [7, 11) is 0. The smallest absolute Gasteiger partial charge is 0.329 e. The van der Waals surface area contributed by atoms with Crippen molar-refractivity contribution in [1.29, 1.82) is 0 Å². The maximum Gasteiger partial charge on any atom is 0.329 e. The number of carboxylic acids is 1. The zero-order chi connectivity index (χ0) is 12.8. The van der Waals surface area contributed by atoms with Gasteiger partial charge in [0.05, 0.1) is 6.10 Å². The first kappa shape index (κ1) is 14.9. The van der Waals surface area contributed by atoms with Crippen LogP contribution in [0.5, 0.6) is 0 Å². The molecule has 16 heavy (non-hydrogen) atoms. The molecule has 2 atom stereocenters. The van der Waals surface area contributed by atoms with E-state index in [0.717, 1.165) is 6.42 Å². The SMILES string of the molecule is CCC(C)OCC(=O)NC(C)(CC)C(=O)O. The van der Waals surface area contributed by atoms with Crippen LogP contribution in [0.25, 0.3) is 0 Å². The van der Waals surface area contributed by atoms with Gasteiger partial charge in [-0.1, -0.05) is 13.8 Å². The molecule has 0 aromatic carbocycles. The molecule has 5 nitrogen and oxygen atoms in total. The van der Waals surface area contributed by atoms with E-state index >= 15 is 0 Å². The maximum atomic E-state index is 11.4. The second kappa shape index (κ2) is 6.48. The molecule has 0 aromatic rings. The van der Waals surface area contributed by atoms with Crippen molar-refractivity contribution in [3.05, 3.63) is 0 Å². The Morgan fingerprint density at radius 2 is 2.00 bits per heavy atom. The van der Waals surface area contributed by atoms with Gasteiger partial charge in [-0.15, -0.1) is 0 Å². The summed E-state index contributed by atoms with van der Waals surface area (Å²) in [5.41, 5.74) is -1.21. The summed E-state index contributed by atoms with van der Waals surface area (Å²) in [6.07, 6.45) is 1.15. The maximum absolute atomic E-state index is 11.4. The van der Waals surface area contributed by atoms with Crippen LogP contribution >= 0.6 is 0 Å². The summed E-state index contributed by atoms with van der Waals surface area (Å²) < 4.78 is 5.22. The lowest BCUT2D eigenvalue weighted by Gasteiger charge is -2.24. The summed E-state index contributed by atoms with van der Waals surface area (Å²) >= 11 is 0. The predicted octanol–water partition coefficient (Wildman–Crippen LogP) is 1.17. The highest BCUT2D eigenvalue weighted by molar-refractivity contribution is 5.87. The summed E-state index contributed by atoms with van der Waals surface area (Å²) in [5.74, 6) is -1.43. The van der Waals surface area contributed by atoms with Gasteiger partial charge in [-0.05, 0) is 26.7 Å². The van der Waals surface area contributed by atoms with Gasteiger partial charge in [0.25, 0.3) is 0 Å². The molecule has 1 amide bonds. The van der Waals surface area contributed by atoms with E-state index in [4.69, 9.17) is 9.84 Å². The second-order valence-electron chi connectivity index (χ2n) is 4.07. The number of nitrogens with one attached hydrogen (secondary N) is 1. The second-order valence-corrected chi connectivity index (χ2v) is 4.07. The molecule has 0 radical (unpaired) electrons. The normalized spacial score (nSPS) is 16.2. The van der Waals surface area contributed by atoms with Crippen molar-refractivity contribution in [2.24, 2.45) is 0 Å². The number of carbonyl (C=O) groups excluding carboxylic acids is 1. The van der Waals surface area contributed by atoms with Gasteiger partial charge in [-0.2, -0.15) is 0 Å². The molecule has 0 heterocycles. The topological polar surface area (TPSA) is 75.6 Å². The standard InChI is InChI=1S/C11H21NO4/c1-5-8(3)16-7-9(13)12-11(4,6-2)10(14)15/h8H,5-7H2,1-4H3,(H,12,13)(H,14,15). The number of rotatable bonds is 7. The van der Waals surface area contributed by atoms with E-state index in [-0.39, 0.29) is 12.7 Å². The van der Waals surface area contributed by atoms with E-state index in [1.807, 2.05) is 13.8 Å². The lowest BCUT2D eigenvalue weighted by atomic mass is 9.99. The zero-order valence-electron chi connectivity index (χ0n) is 10.4. The van der Waals surface area contributed by atoms with Crippen molar-refractivity contribution in [2.75, 3.05) is 6.61 Å². The average molecular weight is 231 g/mol. The van der Waals surface area contributed by atoms with Crippen molar-refractivity contribution in [1.82, 2.24) is 5.32 Å². The monoisotopic (exact) mass is 231 g/mol. The minimum Gasteiger partial charge on any atom is -0.480 e. The molecule has 0 saturated heterocycles. The lowest BCUT2D eigenvalue weighted by molar-refractivity contribution is -0.148. The molecule has 0 fully saturated rings. The van der Waals surface area contributed by atoms with Gasteiger partial charge in [-0.3, -0.25) is 4.79 Å². The van der Waals surface area contributed by atoms with Crippen LogP contribution in [0, 0.1) is 0 Å². The quantitative estimate of drug-likeness (QED) is 0.689. The van der Waals surface area contributed by atoms with Crippen LogP contribution in [0.4, 0.5) is 0 Å². The molecule has 0 saturated carbocycles. The van der Waals surface area contributed by atoms with Crippen LogP contribution in [0.15, 0.2) is 0 Å². The van der Waals surface area contributed by atoms with Crippen LogP contribution in [0.3, 0.4) is 0 Å². The summed E-state index contributed by atoms with van der Waals surface area (Å²) in [5, 5.41) is 11.4. The Hall–Kier alpha value is -1.10. The fraction of sp³-hybridized carbons (Fsp3) is 0.818. The van der Waals surface area contributed by atoms with Crippen LogP contribution in [0.1, 0.15) is 40.5 Å². The molecular weight excluding hydrogens is 210 g/mol. The molecule has 2 N–H and O–H groups in total. The minimum atomic E-state index is -1.21. The van der Waals surface area contributed by atoms with Crippen LogP contribution < -0.4 is 5.32 Å². The van der Waals surface area contributed by atoms with Gasteiger partial charge < -0.3 is 15.2 Å². The van der Waals surface area contributed by atoms with Gasteiger partial charge in [0, 0.05) is 0 Å². The third-order valence-corrected chi connectivity index (χ3v) is 2.67. The number of aliphatic carboxylic acids is 1. The first-order chi connectivity index (χ1) is 7.35. The minimum absolute atomic E-state index is 0.00320. The van der Waals surface area contributed by atoms with E-state index < -0.39 is 17.4 Å². The Kier molecular flexibility index (Phi) is 6.03. The molecule has 2 unspecified atom stereocenters. The highest BCUT2D eigenvalue weighted by Crippen LogP contribution is 2.09. The van der Waals surface area contributed by atoms with Gasteiger partial charge in [-0.25, -0.2) is 4.79 Å². The molecule has 5 heteroatoms. The van der Waals surface area contributed by atoms with Crippen molar-refractivity contribution < 1.29 is 19.4 Å². The van der Waals surface area contributed by atoms with Crippen LogP contribution in [-0.4, -0.2) is 35.2 Å². The first-order valence-corrected chi connectivity index (χ1v) is 5.51. The number of carbonyl (C=O) groups is 2. The molecule has 94 valence electrons. The highest BCUT2D eigenvalue weighted by atomic mass is 16.5. The molecule has 0 aliphatic carbocycles. The van der Waals surface area contributed by atoms with E-state index in [2.05, 4.69) is 5.32 Å². The molecule has 0 rings (SSSR count). The summed E-state index contributed by atoms with van der Waals surface area (Å²) in [6, 6.07) is 0. The Bertz CT molecular complexity index is 254. The van der Waals surface area contributed by atoms with Crippen molar-refractivity contribution >= 4 is 11.9 Å². The van der Waals surface area contributed by atoms with Gasteiger partial charge in [0.1, 0.15) is 12.1 Å². The Morgan fingerprint density at radius 1 is 1.44 bits per heavy atom. The molecule has 0 aromatic heterocycles. The van der Waals surface area contributed by atoms with Crippen LogP contribution in [0.2, 0.25) is 0 Å². The van der Waals surface area contributed by atoms with E-state index in [0.29, 0.717) is 6.42 Å². The average Bonchev–Trinajstić information content (AvgIpc) is 2.25. The van der Waals surface area contributed by atoms with Crippen LogP contribution in [-0.2, 0) is 14.3 Å². The van der Waals surface area contributed by atoms with Crippen molar-refractivity contribution in [3.63, 3.8) is 0 Å². The molecule has 0 bridgehead atoms. The van der Waals surface area contributed by atoms with Gasteiger partial charge >= 0.3 is 5.97 Å². The molecule has 0 aliphatic heterocycles. The number of amides is 1. The third-order valence-electron chi connectivity index (χ3n) is 2.67. The highest BCUT2D eigenvalue weighted by Gasteiger charge is 2.32.